The molecule has 0 radical (unpaired) electrons. The van der Waals surface area contributed by atoms with Gasteiger partial charge in [0, 0.05) is 5.02 Å². The van der Waals surface area contributed by atoms with Crippen LogP contribution >= 0.6 is 23.4 Å². The van der Waals surface area contributed by atoms with Crippen LogP contribution in [0.3, 0.4) is 0 Å². The van der Waals surface area contributed by atoms with Gasteiger partial charge in [0.2, 0.25) is 6.17 Å². The first-order valence-electron chi connectivity index (χ1n) is 6.98. The maximum absolute atomic E-state index is 13.9. The Balaban J connectivity index is 2.11. The molecule has 0 fully saturated rings. The second kappa shape index (κ2) is 8.29. The maximum Gasteiger partial charge on any atom is 0.342 e. The lowest BCUT2D eigenvalue weighted by Gasteiger charge is -2.17. The van der Waals surface area contributed by atoms with Gasteiger partial charge < -0.3 is 4.74 Å². The summed E-state index contributed by atoms with van der Waals surface area (Å²) < 4.78 is 18.3. The first-order valence-corrected chi connectivity index (χ1v) is 7.73. The number of halogens is 3. The van der Waals surface area contributed by atoms with Crippen molar-refractivity contribution >= 4 is 29.3 Å². The molecule has 0 aromatic heterocycles. The maximum atomic E-state index is 13.9. The molecular weight excluding hydrogens is 340 g/mol. The highest BCUT2D eigenvalue weighted by Gasteiger charge is 2.28. The predicted octanol–water partition coefficient (Wildman–Crippen LogP) is 4.17. The molecule has 2 rings (SSSR count). The minimum absolute atomic E-state index is 0.260. The van der Waals surface area contributed by atoms with Gasteiger partial charge in [0.15, 0.2) is 0 Å². The van der Waals surface area contributed by atoms with E-state index in [-0.39, 0.29) is 6.42 Å². The van der Waals surface area contributed by atoms with Crippen LogP contribution in [-0.4, -0.2) is 25.3 Å². The molecule has 0 aliphatic rings. The molecule has 0 unspecified atom stereocenters. The summed E-state index contributed by atoms with van der Waals surface area (Å²) in [6.45, 7) is 0. The minimum Gasteiger partial charge on any atom is -0.467 e. The molecule has 122 valence electrons. The Morgan fingerprint density at radius 3 is 2.48 bits per heavy atom. The van der Waals surface area contributed by atoms with Crippen molar-refractivity contribution in [2.45, 2.75) is 18.6 Å². The van der Waals surface area contributed by atoms with Crippen molar-refractivity contribution in [1.82, 2.24) is 4.84 Å². The molecule has 0 aliphatic heterocycles. The molecule has 2 aromatic carbocycles. The summed E-state index contributed by atoms with van der Waals surface area (Å²) in [4.78, 5) is 13.6. The van der Waals surface area contributed by atoms with Crippen LogP contribution in [0.5, 0.6) is 0 Å². The average molecular weight is 356 g/mol. The molecule has 0 spiro atoms. The van der Waals surface area contributed by atoms with Crippen molar-refractivity contribution in [2.75, 3.05) is 7.11 Å². The van der Waals surface area contributed by atoms with Crippen LogP contribution in [-0.2, 0) is 16.0 Å². The zero-order valence-corrected chi connectivity index (χ0v) is 13.9. The highest BCUT2D eigenvalue weighted by Crippen LogP contribution is 2.23. The number of benzene rings is 2. The molecule has 0 saturated heterocycles. The second-order valence-electron chi connectivity index (χ2n) is 5.05. The number of ether oxygens (including phenoxy) is 1. The van der Waals surface area contributed by atoms with E-state index in [1.807, 2.05) is 48.5 Å². The van der Waals surface area contributed by atoms with Crippen LogP contribution in [0, 0.1) is 0 Å². The molecule has 0 bridgehead atoms. The Morgan fingerprint density at radius 2 is 1.91 bits per heavy atom. The monoisotopic (exact) mass is 355 g/mol. The van der Waals surface area contributed by atoms with Crippen LogP contribution in [0.2, 0.25) is 5.02 Å². The van der Waals surface area contributed by atoms with Gasteiger partial charge in [0.1, 0.15) is 0 Å². The number of hydrogen-bond donors (Lipinski definition) is 1. The van der Waals surface area contributed by atoms with Crippen molar-refractivity contribution in [3.05, 3.63) is 59.1 Å². The van der Waals surface area contributed by atoms with Crippen LogP contribution in [0.1, 0.15) is 5.56 Å². The molecule has 0 heterocycles. The van der Waals surface area contributed by atoms with E-state index in [1.165, 1.54) is 0 Å². The normalized spacial score (nSPS) is 13.4. The van der Waals surface area contributed by atoms with Gasteiger partial charge in [-0.3, -0.25) is 0 Å². The Morgan fingerprint density at radius 1 is 1.22 bits per heavy atom. The van der Waals surface area contributed by atoms with Crippen molar-refractivity contribution in [3.8, 4) is 11.1 Å². The van der Waals surface area contributed by atoms with Gasteiger partial charge in [-0.1, -0.05) is 48.0 Å². The highest BCUT2D eigenvalue weighted by atomic mass is 35.5. The van der Waals surface area contributed by atoms with Gasteiger partial charge in [-0.05, 0) is 47.0 Å². The number of carbonyl (C=O) groups is 1. The number of alkyl halides is 1. The third-order valence-corrected chi connectivity index (χ3v) is 4.00. The van der Waals surface area contributed by atoms with Gasteiger partial charge in [-0.15, -0.1) is 0 Å². The predicted molar refractivity (Wildman–Crippen MR) is 90.3 cm³/mol. The number of methoxy groups -OCH3 is 1. The third kappa shape index (κ3) is 4.67. The minimum atomic E-state index is -1.83. The number of esters is 1. The van der Waals surface area contributed by atoms with Gasteiger partial charge in [-0.2, -0.15) is 0 Å². The molecule has 0 amide bonds. The van der Waals surface area contributed by atoms with E-state index in [0.717, 1.165) is 23.8 Å². The number of nitrogens with one attached hydrogen (secondary N) is 1. The summed E-state index contributed by atoms with van der Waals surface area (Å²) in [7, 11) is 1.14. The molecule has 23 heavy (non-hydrogen) atoms. The van der Waals surface area contributed by atoms with Gasteiger partial charge >= 0.3 is 5.97 Å². The van der Waals surface area contributed by atoms with Gasteiger partial charge in [-0.25, -0.2) is 14.0 Å². The topological polar surface area (TPSA) is 38.3 Å². The quantitative estimate of drug-likeness (QED) is 0.624. The largest absolute Gasteiger partial charge is 0.467 e. The van der Waals surface area contributed by atoms with Gasteiger partial charge in [0.25, 0.3) is 0 Å². The SMILES string of the molecule is COC(=O)[C@@H](F)[C@@H](Cc1ccc(-c2cccc(Cl)c2)cc1)NCl. The second-order valence-corrected chi connectivity index (χ2v) is 5.71. The van der Waals surface area contributed by atoms with E-state index in [0.29, 0.717) is 5.02 Å². The van der Waals surface area contributed by atoms with Crippen LogP contribution < -0.4 is 4.84 Å². The first-order chi connectivity index (χ1) is 11.0. The average Bonchev–Trinajstić information content (AvgIpc) is 2.59. The van der Waals surface area contributed by atoms with Crippen molar-refractivity contribution in [3.63, 3.8) is 0 Å². The van der Waals surface area contributed by atoms with Crippen LogP contribution in [0.15, 0.2) is 48.5 Å². The Hall–Kier alpha value is -1.62. The lowest BCUT2D eigenvalue weighted by Crippen LogP contribution is -2.39. The molecule has 3 nitrogen and oxygen atoms in total. The van der Waals surface area contributed by atoms with E-state index < -0.39 is 18.2 Å². The Kier molecular flexibility index (Phi) is 6.39. The number of rotatable bonds is 6. The van der Waals surface area contributed by atoms with E-state index in [9.17, 15) is 9.18 Å². The first kappa shape index (κ1) is 17.7. The molecule has 0 saturated carbocycles. The van der Waals surface area contributed by atoms with Crippen molar-refractivity contribution in [2.24, 2.45) is 0 Å². The van der Waals surface area contributed by atoms with E-state index in [2.05, 4.69) is 9.57 Å². The number of hydrogen-bond acceptors (Lipinski definition) is 3. The molecule has 6 heteroatoms. The lowest BCUT2D eigenvalue weighted by atomic mass is 9.99. The molecule has 0 aliphatic carbocycles. The fraction of sp³-hybridized carbons (Fsp3) is 0.235. The zero-order chi connectivity index (χ0) is 16.8. The van der Waals surface area contributed by atoms with E-state index >= 15 is 0 Å². The van der Waals surface area contributed by atoms with Gasteiger partial charge in [0.05, 0.1) is 13.2 Å². The summed E-state index contributed by atoms with van der Waals surface area (Å²) >= 11 is 11.5. The molecule has 2 aromatic rings. The zero-order valence-electron chi connectivity index (χ0n) is 12.4. The van der Waals surface area contributed by atoms with Crippen LogP contribution in [0.4, 0.5) is 4.39 Å². The number of carbonyl (C=O) groups excluding carboxylic acids is 1. The van der Waals surface area contributed by atoms with E-state index in [4.69, 9.17) is 23.4 Å². The highest BCUT2D eigenvalue weighted by molar-refractivity contribution is 6.30. The smallest absolute Gasteiger partial charge is 0.342 e. The summed E-state index contributed by atoms with van der Waals surface area (Å²) in [6, 6.07) is 14.2. The summed E-state index contributed by atoms with van der Waals surface area (Å²) in [5, 5.41) is 0.663. The third-order valence-electron chi connectivity index (χ3n) is 3.49. The fourth-order valence-corrected chi connectivity index (χ4v) is 2.61. The lowest BCUT2D eigenvalue weighted by molar-refractivity contribution is -0.147. The van der Waals surface area contributed by atoms with E-state index in [1.54, 1.807) is 0 Å². The summed E-state index contributed by atoms with van der Waals surface area (Å²) in [6.07, 6.45) is -1.57. The molecular formula is C17H16Cl2FNO2. The van der Waals surface area contributed by atoms with Crippen molar-refractivity contribution in [1.29, 1.82) is 0 Å². The standard InChI is InChI=1S/C17H16Cl2FNO2/c1-23-17(22)16(20)15(21-19)9-11-5-7-12(8-6-11)13-3-2-4-14(18)10-13/h2-8,10,15-16,21H,9H2,1H3/t15-,16+/m1/s1. The Bertz CT molecular complexity index is 664. The summed E-state index contributed by atoms with van der Waals surface area (Å²) in [5.41, 5.74) is 2.84. The molecule has 2 atom stereocenters. The Labute approximate surface area is 144 Å². The van der Waals surface area contributed by atoms with Crippen molar-refractivity contribution < 1.29 is 13.9 Å². The fourth-order valence-electron chi connectivity index (χ4n) is 2.23. The van der Waals surface area contributed by atoms with Crippen LogP contribution in [0.25, 0.3) is 11.1 Å². The molecule has 1 N–H and O–H groups in total. The summed E-state index contributed by atoms with van der Waals surface area (Å²) in [5.74, 6) is -0.946.